The second-order valence-electron chi connectivity index (χ2n) is 9.32. The van der Waals surface area contributed by atoms with Gasteiger partial charge in [0.2, 0.25) is 5.13 Å². The van der Waals surface area contributed by atoms with Gasteiger partial charge in [0.05, 0.1) is 11.6 Å². The number of Topliss-reactive ketones (excluding diaryl/α,β-unsaturated/α-hetero) is 1. The van der Waals surface area contributed by atoms with Crippen molar-refractivity contribution in [2.75, 3.05) is 24.7 Å². The van der Waals surface area contributed by atoms with Crippen molar-refractivity contribution in [3.05, 3.63) is 108 Å². The van der Waals surface area contributed by atoms with Crippen molar-refractivity contribution in [2.45, 2.75) is 16.1 Å². The Kier molecular flexibility index (Phi) is 7.93. The summed E-state index contributed by atoms with van der Waals surface area (Å²) in [6.45, 7) is 4.74. The Morgan fingerprint density at radius 3 is 2.67 bits per heavy atom. The van der Waals surface area contributed by atoms with Crippen molar-refractivity contribution in [1.29, 1.82) is 0 Å². The fourth-order valence-electron chi connectivity index (χ4n) is 4.70. The Hall–Kier alpha value is -4.61. The highest BCUT2D eigenvalue weighted by atomic mass is 32.2. The fraction of sp³-hybridized carbons (Fsp3) is 0.161. The summed E-state index contributed by atoms with van der Waals surface area (Å²) in [4.78, 5) is 28.5. The van der Waals surface area contributed by atoms with E-state index in [1.165, 1.54) is 28.0 Å². The van der Waals surface area contributed by atoms with E-state index >= 15 is 0 Å². The molecule has 0 unspecified atom stereocenters. The first-order chi connectivity index (χ1) is 20.5. The van der Waals surface area contributed by atoms with E-state index in [1.807, 2.05) is 30.3 Å². The first kappa shape index (κ1) is 27.6. The SMILES string of the molecule is C=CCOc1cccc([C@H]2C(=C(O)c3ccc4c(c3)OCCO4)C(=O)C(=O)N2c2nnc(SCc3ccccc3)s2)c1. The van der Waals surface area contributed by atoms with E-state index in [-0.39, 0.29) is 23.1 Å². The second-order valence-corrected chi connectivity index (χ2v) is 11.5. The number of ether oxygens (including phenoxy) is 3. The van der Waals surface area contributed by atoms with Gasteiger partial charge in [-0.2, -0.15) is 0 Å². The maximum atomic E-state index is 13.6. The Labute approximate surface area is 250 Å². The zero-order chi connectivity index (χ0) is 29.1. The summed E-state index contributed by atoms with van der Waals surface area (Å²) < 4.78 is 17.6. The minimum Gasteiger partial charge on any atom is -0.507 e. The van der Waals surface area contributed by atoms with Crippen LogP contribution in [0, 0.1) is 0 Å². The van der Waals surface area contributed by atoms with Crippen molar-refractivity contribution in [1.82, 2.24) is 10.2 Å². The molecule has 1 atom stereocenters. The van der Waals surface area contributed by atoms with Gasteiger partial charge in [-0.1, -0.05) is 78.2 Å². The van der Waals surface area contributed by atoms with E-state index < -0.39 is 17.7 Å². The van der Waals surface area contributed by atoms with Gasteiger partial charge in [0.15, 0.2) is 15.8 Å². The number of amides is 1. The first-order valence-electron chi connectivity index (χ1n) is 13.1. The van der Waals surface area contributed by atoms with E-state index in [1.54, 1.807) is 48.5 Å². The molecule has 1 amide bonds. The standard InChI is InChI=1S/C31H25N3O6S2/c1-2-13-38-22-10-6-9-20(16-22)26-25(27(35)21-11-12-23-24(17-21)40-15-14-39-23)28(36)29(37)34(26)30-32-33-31(42-30)41-18-19-7-4-3-5-8-19/h2-12,16-17,26,35H,1,13-15,18H2/t26-/m0/s1. The predicted octanol–water partition coefficient (Wildman–Crippen LogP) is 5.79. The lowest BCUT2D eigenvalue weighted by Crippen LogP contribution is -2.29. The van der Waals surface area contributed by atoms with Crippen LogP contribution in [0.1, 0.15) is 22.7 Å². The van der Waals surface area contributed by atoms with Gasteiger partial charge in [-0.15, -0.1) is 10.2 Å². The summed E-state index contributed by atoms with van der Waals surface area (Å²) in [5, 5.41) is 20.3. The largest absolute Gasteiger partial charge is 0.507 e. The minimum atomic E-state index is -0.981. The smallest absolute Gasteiger partial charge is 0.301 e. The van der Waals surface area contributed by atoms with Gasteiger partial charge in [-0.05, 0) is 41.5 Å². The third kappa shape index (κ3) is 5.48. The summed E-state index contributed by atoms with van der Waals surface area (Å²) >= 11 is 2.69. The van der Waals surface area contributed by atoms with E-state index in [0.717, 1.165) is 5.56 Å². The van der Waals surface area contributed by atoms with Crippen LogP contribution in [0.4, 0.5) is 5.13 Å². The highest BCUT2D eigenvalue weighted by Crippen LogP contribution is 2.45. The number of nitrogens with zero attached hydrogens (tertiary/aromatic N) is 3. The van der Waals surface area contributed by atoms with Crippen LogP contribution in [-0.2, 0) is 15.3 Å². The molecule has 3 heterocycles. The van der Waals surface area contributed by atoms with Crippen molar-refractivity contribution in [2.24, 2.45) is 0 Å². The number of anilines is 1. The number of aliphatic hydroxyl groups is 1. The maximum Gasteiger partial charge on any atom is 0.301 e. The quantitative estimate of drug-likeness (QED) is 0.0638. The van der Waals surface area contributed by atoms with Crippen LogP contribution in [0.3, 0.4) is 0 Å². The number of fused-ring (bicyclic) bond motifs is 1. The van der Waals surface area contributed by atoms with E-state index in [9.17, 15) is 14.7 Å². The van der Waals surface area contributed by atoms with Crippen LogP contribution in [-0.4, -0.2) is 46.8 Å². The summed E-state index contributed by atoms with van der Waals surface area (Å²) in [6, 6.07) is 20.9. The van der Waals surface area contributed by atoms with Crippen LogP contribution in [0.2, 0.25) is 0 Å². The number of aliphatic hydroxyl groups excluding tert-OH is 1. The van der Waals surface area contributed by atoms with Gasteiger partial charge >= 0.3 is 5.91 Å². The number of aromatic nitrogens is 2. The van der Waals surface area contributed by atoms with Gasteiger partial charge < -0.3 is 19.3 Å². The average Bonchev–Trinajstić information content (AvgIpc) is 3.60. The Morgan fingerprint density at radius 2 is 1.86 bits per heavy atom. The topological polar surface area (TPSA) is 111 Å². The molecule has 11 heteroatoms. The molecule has 0 bridgehead atoms. The van der Waals surface area contributed by atoms with Gasteiger partial charge in [0.1, 0.15) is 31.3 Å². The molecule has 212 valence electrons. The molecule has 2 aliphatic rings. The van der Waals surface area contributed by atoms with E-state index in [0.29, 0.717) is 51.7 Å². The molecule has 1 saturated heterocycles. The van der Waals surface area contributed by atoms with Crippen molar-refractivity contribution in [3.63, 3.8) is 0 Å². The molecule has 0 saturated carbocycles. The summed E-state index contributed by atoms with van der Waals surface area (Å²) in [7, 11) is 0. The van der Waals surface area contributed by atoms with Crippen LogP contribution in [0.25, 0.3) is 5.76 Å². The van der Waals surface area contributed by atoms with Crippen LogP contribution in [0.5, 0.6) is 17.2 Å². The minimum absolute atomic E-state index is 0.0776. The number of carbonyl (C=O) groups excluding carboxylic acids is 2. The molecule has 6 rings (SSSR count). The van der Waals surface area contributed by atoms with E-state index in [4.69, 9.17) is 14.2 Å². The molecular formula is C31H25N3O6S2. The number of rotatable bonds is 9. The van der Waals surface area contributed by atoms with Crippen molar-refractivity contribution in [3.8, 4) is 17.2 Å². The van der Waals surface area contributed by atoms with Gasteiger partial charge in [-0.25, -0.2) is 0 Å². The van der Waals surface area contributed by atoms with Gasteiger partial charge in [0.25, 0.3) is 5.78 Å². The molecule has 1 aromatic heterocycles. The van der Waals surface area contributed by atoms with Crippen molar-refractivity contribution >= 4 is 45.7 Å². The Morgan fingerprint density at radius 1 is 1.05 bits per heavy atom. The number of benzene rings is 3. The fourth-order valence-corrected chi connectivity index (χ4v) is 6.52. The number of carbonyl (C=O) groups is 2. The lowest BCUT2D eigenvalue weighted by molar-refractivity contribution is -0.132. The average molecular weight is 600 g/mol. The third-order valence-electron chi connectivity index (χ3n) is 6.61. The normalized spacial score (nSPS) is 17.3. The van der Waals surface area contributed by atoms with Crippen LogP contribution in [0.15, 0.2) is 95.4 Å². The van der Waals surface area contributed by atoms with E-state index in [2.05, 4.69) is 16.8 Å². The van der Waals surface area contributed by atoms with Gasteiger partial charge in [0, 0.05) is 11.3 Å². The molecule has 0 radical (unpaired) electrons. The summed E-state index contributed by atoms with van der Waals surface area (Å²) in [5.41, 5.74) is 1.92. The number of ketones is 1. The lowest BCUT2D eigenvalue weighted by Gasteiger charge is -2.23. The molecule has 3 aromatic carbocycles. The lowest BCUT2D eigenvalue weighted by atomic mass is 9.95. The number of hydrogen-bond acceptors (Lipinski definition) is 10. The third-order valence-corrected chi connectivity index (χ3v) is 8.74. The molecule has 1 N–H and O–H groups in total. The zero-order valence-corrected chi connectivity index (χ0v) is 23.9. The maximum absolute atomic E-state index is 13.6. The number of hydrogen-bond donors (Lipinski definition) is 1. The zero-order valence-electron chi connectivity index (χ0n) is 22.3. The summed E-state index contributed by atoms with van der Waals surface area (Å²) in [5.74, 6) is 0.194. The molecule has 9 nitrogen and oxygen atoms in total. The molecule has 0 spiro atoms. The molecular weight excluding hydrogens is 574 g/mol. The highest BCUT2D eigenvalue weighted by molar-refractivity contribution is 8.00. The predicted molar refractivity (Wildman–Crippen MR) is 160 cm³/mol. The summed E-state index contributed by atoms with van der Waals surface area (Å²) in [6.07, 6.45) is 1.62. The molecule has 4 aromatic rings. The number of thioether (sulfide) groups is 1. The Bertz CT molecular complexity index is 1690. The van der Waals surface area contributed by atoms with Gasteiger partial charge in [-0.3, -0.25) is 14.5 Å². The second kappa shape index (κ2) is 12.1. The van der Waals surface area contributed by atoms with Crippen LogP contribution >= 0.6 is 23.1 Å². The Balaban J connectivity index is 1.41. The first-order valence-corrected chi connectivity index (χ1v) is 14.9. The highest BCUT2D eigenvalue weighted by Gasteiger charge is 2.48. The molecule has 0 aliphatic carbocycles. The molecule has 1 fully saturated rings. The monoisotopic (exact) mass is 599 g/mol. The molecule has 42 heavy (non-hydrogen) atoms. The molecule has 2 aliphatic heterocycles. The van der Waals surface area contributed by atoms with Crippen molar-refractivity contribution < 1.29 is 28.9 Å². The van der Waals surface area contributed by atoms with Crippen LogP contribution < -0.4 is 19.1 Å².